The predicted molar refractivity (Wildman–Crippen MR) is 112 cm³/mol. The van der Waals surface area contributed by atoms with Crippen LogP contribution < -0.4 is 0 Å². The van der Waals surface area contributed by atoms with Gasteiger partial charge in [-0.25, -0.2) is 4.99 Å². The molecule has 5 heteroatoms. The summed E-state index contributed by atoms with van der Waals surface area (Å²) in [7, 11) is 1.25. The Kier molecular flexibility index (Phi) is 8.53. The van der Waals surface area contributed by atoms with Crippen LogP contribution >= 0.6 is 28.5 Å². The van der Waals surface area contributed by atoms with Crippen molar-refractivity contribution in [3.63, 3.8) is 0 Å². The van der Waals surface area contributed by atoms with Gasteiger partial charge < -0.3 is 4.74 Å². The van der Waals surface area contributed by atoms with Crippen molar-refractivity contribution in [3.8, 4) is 0 Å². The van der Waals surface area contributed by atoms with Gasteiger partial charge in [-0.2, -0.15) is 0 Å². The van der Waals surface area contributed by atoms with Gasteiger partial charge in [0.1, 0.15) is 11.6 Å². The zero-order chi connectivity index (χ0) is 18.2. The molecule has 0 aromatic heterocycles. The fourth-order valence-corrected chi connectivity index (χ4v) is 5.43. The van der Waals surface area contributed by atoms with Gasteiger partial charge in [-0.3, -0.25) is 0 Å². The zero-order valence-corrected chi connectivity index (χ0v) is 19.4. The van der Waals surface area contributed by atoms with E-state index in [9.17, 15) is 0 Å². The van der Waals surface area contributed by atoms with Gasteiger partial charge in [0, 0.05) is 11.8 Å². The Morgan fingerprint density at radius 3 is 1.85 bits per heavy atom. The van der Waals surface area contributed by atoms with Gasteiger partial charge in [0.15, 0.2) is 6.40 Å². The molecule has 1 aromatic rings. The third-order valence-electron chi connectivity index (χ3n) is 6.50. The van der Waals surface area contributed by atoms with Crippen LogP contribution in [0.1, 0.15) is 75.8 Å². The fraction of sp³-hybridized carbons (Fsp3) is 0.667. The van der Waals surface area contributed by atoms with Crippen molar-refractivity contribution < 1.29 is 15.6 Å². The van der Waals surface area contributed by atoms with Crippen LogP contribution in [0.25, 0.3) is 0 Å². The molecule has 1 heterocycles. The summed E-state index contributed by atoms with van der Waals surface area (Å²) in [5, 5.41) is 0. The summed E-state index contributed by atoms with van der Waals surface area (Å²) < 4.78 is 6.49. The Labute approximate surface area is 178 Å². The SMILES string of the molecule is C1=N[C@H](c2ccccc2)C(C2CCCCC2)(C2CCCCC2)O1.[Br][Ni][Br]. The van der Waals surface area contributed by atoms with E-state index in [-0.39, 0.29) is 11.6 Å². The molecule has 0 saturated heterocycles. The summed E-state index contributed by atoms with van der Waals surface area (Å²) >= 11 is 6.00. The first-order valence-electron chi connectivity index (χ1n) is 9.89. The van der Waals surface area contributed by atoms with E-state index in [1.165, 1.54) is 80.7 Å². The normalized spacial score (nSPS) is 26.2. The van der Waals surface area contributed by atoms with Crippen molar-refractivity contribution in [3.05, 3.63) is 35.9 Å². The molecule has 1 aliphatic heterocycles. The maximum absolute atomic E-state index is 6.49. The molecule has 3 aliphatic rings. The van der Waals surface area contributed by atoms with Crippen LogP contribution in [0.4, 0.5) is 0 Å². The molecule has 2 aliphatic carbocycles. The fourth-order valence-electron chi connectivity index (χ4n) is 5.43. The molecule has 0 bridgehead atoms. The summed E-state index contributed by atoms with van der Waals surface area (Å²) in [6.45, 7) is 0. The average Bonchev–Trinajstić information content (AvgIpc) is 3.17. The molecule has 148 valence electrons. The third-order valence-corrected chi connectivity index (χ3v) is 6.50. The van der Waals surface area contributed by atoms with E-state index in [0.717, 1.165) is 0 Å². The molecule has 1 atom stereocenters. The van der Waals surface area contributed by atoms with Crippen LogP contribution in [0.5, 0.6) is 0 Å². The van der Waals surface area contributed by atoms with Gasteiger partial charge in [0.05, 0.1) is 0 Å². The Morgan fingerprint density at radius 1 is 0.846 bits per heavy atom. The number of nitrogens with zero attached hydrogens (tertiary/aromatic N) is 1. The average molecular weight is 530 g/mol. The topological polar surface area (TPSA) is 21.6 Å². The zero-order valence-electron chi connectivity index (χ0n) is 15.2. The minimum atomic E-state index is -0.0673. The number of aliphatic imine (C=N–C) groups is 1. The summed E-state index contributed by atoms with van der Waals surface area (Å²) in [4.78, 5) is 4.86. The first kappa shape index (κ1) is 20.9. The number of hydrogen-bond acceptors (Lipinski definition) is 2. The minimum absolute atomic E-state index is 0.0673. The van der Waals surface area contributed by atoms with E-state index < -0.39 is 0 Å². The Bertz CT molecular complexity index is 538. The molecule has 0 spiro atoms. The Morgan fingerprint density at radius 2 is 1.35 bits per heavy atom. The van der Waals surface area contributed by atoms with Crippen molar-refractivity contribution >= 4 is 34.9 Å². The molecule has 2 fully saturated rings. The number of halogens is 2. The van der Waals surface area contributed by atoms with Crippen LogP contribution in [0.2, 0.25) is 0 Å². The summed E-state index contributed by atoms with van der Waals surface area (Å²) in [5.41, 5.74) is 1.28. The van der Waals surface area contributed by atoms with Gasteiger partial charge >= 0.3 is 39.3 Å². The van der Waals surface area contributed by atoms with E-state index in [1.54, 1.807) is 6.40 Å². The molecule has 4 rings (SSSR count). The molecule has 1 aromatic carbocycles. The van der Waals surface area contributed by atoms with E-state index in [0.29, 0.717) is 11.8 Å². The van der Waals surface area contributed by atoms with E-state index in [4.69, 9.17) is 9.73 Å². The molecule has 0 amide bonds. The number of benzene rings is 1. The van der Waals surface area contributed by atoms with Crippen molar-refractivity contribution in [1.82, 2.24) is 0 Å². The second-order valence-electron chi connectivity index (χ2n) is 7.75. The number of hydrogen-bond donors (Lipinski definition) is 0. The molecule has 0 unspecified atom stereocenters. The van der Waals surface area contributed by atoms with Crippen molar-refractivity contribution in [1.29, 1.82) is 0 Å². The first-order valence-corrected chi connectivity index (χ1v) is 14.8. The Hall–Kier alpha value is 0.144. The van der Waals surface area contributed by atoms with Crippen molar-refractivity contribution in [2.45, 2.75) is 75.9 Å². The third kappa shape index (κ3) is 4.58. The molecule has 2 saturated carbocycles. The first-order chi connectivity index (χ1) is 12.8. The molecule has 2 nitrogen and oxygen atoms in total. The summed E-state index contributed by atoms with van der Waals surface area (Å²) in [6, 6.07) is 11.1. The van der Waals surface area contributed by atoms with Crippen molar-refractivity contribution in [2.24, 2.45) is 16.8 Å². The van der Waals surface area contributed by atoms with Crippen LogP contribution in [-0.2, 0) is 15.6 Å². The van der Waals surface area contributed by atoms with E-state index in [2.05, 4.69) is 58.8 Å². The van der Waals surface area contributed by atoms with Crippen LogP contribution in [-0.4, -0.2) is 12.0 Å². The number of rotatable bonds is 3. The van der Waals surface area contributed by atoms with E-state index >= 15 is 0 Å². The van der Waals surface area contributed by atoms with Gasteiger partial charge in [0.2, 0.25) is 0 Å². The summed E-state index contributed by atoms with van der Waals surface area (Å²) in [6.07, 6.45) is 15.3. The number of ether oxygens (including phenoxy) is 1. The van der Waals surface area contributed by atoms with Crippen LogP contribution in [0.15, 0.2) is 35.3 Å². The van der Waals surface area contributed by atoms with Crippen LogP contribution in [0, 0.1) is 11.8 Å². The maximum atomic E-state index is 6.49. The molecule has 26 heavy (non-hydrogen) atoms. The van der Waals surface area contributed by atoms with Crippen molar-refractivity contribution in [2.75, 3.05) is 0 Å². The summed E-state index contributed by atoms with van der Waals surface area (Å²) in [5.74, 6) is 1.35. The molecule has 0 N–H and O–H groups in total. The molecular formula is C21H29Br2NNiO. The monoisotopic (exact) mass is 527 g/mol. The van der Waals surface area contributed by atoms with Gasteiger partial charge in [-0.1, -0.05) is 68.9 Å². The van der Waals surface area contributed by atoms with Gasteiger partial charge in [0.25, 0.3) is 0 Å². The quantitative estimate of drug-likeness (QED) is 0.374. The standard InChI is InChI=1S/C21H29NO.2BrH.Ni/c1-4-10-17(11-5-1)20-21(23-16-22-20,18-12-6-2-7-13-18)19-14-8-3-9-15-19;;;/h1,4-5,10-11,16,18-20H,2-3,6-9,12-15H2;2*1H;/q;;;+2/p-2/t20-;;;/m1.../s1. The Balaban J connectivity index is 0.000000613. The van der Waals surface area contributed by atoms with E-state index in [1.807, 2.05) is 0 Å². The van der Waals surface area contributed by atoms with Gasteiger partial charge in [-0.05, 0) is 31.2 Å². The molecular weight excluding hydrogens is 501 g/mol. The van der Waals surface area contributed by atoms with Gasteiger partial charge in [-0.15, -0.1) is 0 Å². The predicted octanol–water partition coefficient (Wildman–Crippen LogP) is 7.37. The molecule has 0 radical (unpaired) electrons. The second kappa shape index (κ2) is 10.6. The van der Waals surface area contributed by atoms with Crippen LogP contribution in [0.3, 0.4) is 0 Å². The second-order valence-corrected chi connectivity index (χ2v) is 12.7.